The van der Waals surface area contributed by atoms with Crippen molar-refractivity contribution in [1.29, 1.82) is 0 Å². The average molecular weight is 212 g/mol. The Morgan fingerprint density at radius 1 is 1.45 bits per heavy atom. The Bertz CT molecular complexity index is 393. The van der Waals surface area contributed by atoms with E-state index in [1.165, 1.54) is 0 Å². The summed E-state index contributed by atoms with van der Waals surface area (Å²) in [5, 5.41) is 4.06. The minimum absolute atomic E-state index is 0.700. The molecule has 0 aliphatic heterocycles. The first-order valence-corrected chi connectivity index (χ1v) is 3.96. The van der Waals surface area contributed by atoms with Crippen LogP contribution in [-0.4, -0.2) is 9.61 Å². The number of aromatic nitrogens is 2. The summed E-state index contributed by atoms with van der Waals surface area (Å²) in [7, 11) is 0. The third-order valence-corrected chi connectivity index (χ3v) is 2.13. The van der Waals surface area contributed by atoms with Gasteiger partial charge in [-0.15, -0.1) is 0 Å². The molecule has 2 aromatic rings. The number of nitrogens with two attached hydrogens (primary N) is 1. The molecule has 4 heteroatoms. The molecule has 3 nitrogen and oxygen atoms in total. The summed E-state index contributed by atoms with van der Waals surface area (Å²) in [5.41, 5.74) is 7.27. The Balaban J connectivity index is 2.94. The van der Waals surface area contributed by atoms with E-state index in [2.05, 4.69) is 21.0 Å². The first-order chi connectivity index (χ1) is 5.29. The number of pyridine rings is 1. The Hall–Kier alpha value is -1.03. The summed E-state index contributed by atoms with van der Waals surface area (Å²) in [6.07, 6.45) is 1.64. The van der Waals surface area contributed by atoms with Crippen molar-refractivity contribution in [2.75, 3.05) is 5.73 Å². The van der Waals surface area contributed by atoms with Crippen molar-refractivity contribution in [3.8, 4) is 0 Å². The molecule has 2 N–H and O–H groups in total. The molecule has 2 heterocycles. The van der Waals surface area contributed by atoms with E-state index >= 15 is 0 Å². The van der Waals surface area contributed by atoms with Crippen LogP contribution < -0.4 is 5.73 Å². The molecule has 0 radical (unpaired) electrons. The molecule has 0 saturated heterocycles. The van der Waals surface area contributed by atoms with Gasteiger partial charge in [0.2, 0.25) is 0 Å². The zero-order valence-electron chi connectivity index (χ0n) is 5.66. The molecule has 56 valence electrons. The number of hydrogen-bond donors (Lipinski definition) is 1. The SMILES string of the molecule is Nc1cnn2c(Br)cccc12. The highest BCUT2D eigenvalue weighted by molar-refractivity contribution is 9.10. The lowest BCUT2D eigenvalue weighted by molar-refractivity contribution is 0.935. The molecule has 0 spiro atoms. The van der Waals surface area contributed by atoms with Crippen LogP contribution in [0.15, 0.2) is 29.0 Å². The average Bonchev–Trinajstić information content (AvgIpc) is 2.35. The fourth-order valence-electron chi connectivity index (χ4n) is 0.997. The van der Waals surface area contributed by atoms with Crippen LogP contribution in [0.5, 0.6) is 0 Å². The molecular weight excluding hydrogens is 206 g/mol. The number of nitrogen functional groups attached to an aromatic ring is 1. The molecule has 0 unspecified atom stereocenters. The standard InChI is InChI=1S/C7H6BrN3/c8-7-3-1-2-6-5(9)4-10-11(6)7/h1-4H,9H2. The van der Waals surface area contributed by atoms with Gasteiger partial charge in [0.15, 0.2) is 0 Å². The van der Waals surface area contributed by atoms with Crippen LogP contribution in [0, 0.1) is 0 Å². The molecule has 0 bridgehead atoms. The minimum atomic E-state index is 0.700. The van der Waals surface area contributed by atoms with E-state index in [-0.39, 0.29) is 0 Å². The molecule has 0 saturated carbocycles. The molecular formula is C7H6BrN3. The van der Waals surface area contributed by atoms with Gasteiger partial charge in [-0.05, 0) is 28.1 Å². The van der Waals surface area contributed by atoms with Gasteiger partial charge in [-0.25, -0.2) is 4.52 Å². The predicted octanol–water partition coefficient (Wildman–Crippen LogP) is 1.68. The van der Waals surface area contributed by atoms with E-state index in [9.17, 15) is 0 Å². The summed E-state index contributed by atoms with van der Waals surface area (Å²) in [4.78, 5) is 0. The third kappa shape index (κ3) is 0.903. The van der Waals surface area contributed by atoms with Crippen LogP contribution in [0.1, 0.15) is 0 Å². The number of fused-ring (bicyclic) bond motifs is 1. The highest BCUT2D eigenvalue weighted by Gasteiger charge is 2.00. The smallest absolute Gasteiger partial charge is 0.108 e. The van der Waals surface area contributed by atoms with Crippen molar-refractivity contribution >= 4 is 27.1 Å². The Morgan fingerprint density at radius 2 is 2.27 bits per heavy atom. The van der Waals surface area contributed by atoms with Gasteiger partial charge in [-0.2, -0.15) is 5.10 Å². The highest BCUT2D eigenvalue weighted by Crippen LogP contribution is 2.17. The van der Waals surface area contributed by atoms with Crippen LogP contribution in [0.4, 0.5) is 5.69 Å². The highest BCUT2D eigenvalue weighted by atomic mass is 79.9. The van der Waals surface area contributed by atoms with Gasteiger partial charge >= 0.3 is 0 Å². The zero-order valence-corrected chi connectivity index (χ0v) is 7.25. The lowest BCUT2D eigenvalue weighted by atomic mass is 10.4. The Morgan fingerprint density at radius 3 is 3.00 bits per heavy atom. The summed E-state index contributed by atoms with van der Waals surface area (Å²) >= 11 is 3.36. The second-order valence-corrected chi connectivity index (χ2v) is 3.06. The van der Waals surface area contributed by atoms with Gasteiger partial charge in [0.25, 0.3) is 0 Å². The van der Waals surface area contributed by atoms with E-state index in [0.717, 1.165) is 10.1 Å². The molecule has 0 atom stereocenters. The third-order valence-electron chi connectivity index (χ3n) is 1.53. The molecule has 0 aliphatic rings. The van der Waals surface area contributed by atoms with Crippen molar-refractivity contribution in [3.05, 3.63) is 29.0 Å². The van der Waals surface area contributed by atoms with Gasteiger partial charge in [-0.3, -0.25) is 0 Å². The fourth-order valence-corrected chi connectivity index (χ4v) is 1.43. The summed E-state index contributed by atoms with van der Waals surface area (Å²) in [6.45, 7) is 0. The predicted molar refractivity (Wildman–Crippen MR) is 47.3 cm³/mol. The number of nitrogens with zero attached hydrogens (tertiary/aromatic N) is 2. The fraction of sp³-hybridized carbons (Fsp3) is 0. The topological polar surface area (TPSA) is 43.3 Å². The largest absolute Gasteiger partial charge is 0.396 e. The van der Waals surface area contributed by atoms with Crippen molar-refractivity contribution in [3.63, 3.8) is 0 Å². The van der Waals surface area contributed by atoms with Gasteiger partial charge < -0.3 is 5.73 Å². The molecule has 2 aromatic heterocycles. The molecule has 0 aliphatic carbocycles. The zero-order chi connectivity index (χ0) is 7.84. The van der Waals surface area contributed by atoms with E-state index in [0.29, 0.717) is 5.69 Å². The van der Waals surface area contributed by atoms with Gasteiger partial charge in [0, 0.05) is 0 Å². The number of anilines is 1. The van der Waals surface area contributed by atoms with E-state index in [4.69, 9.17) is 5.73 Å². The summed E-state index contributed by atoms with van der Waals surface area (Å²) < 4.78 is 2.65. The molecule has 2 rings (SSSR count). The van der Waals surface area contributed by atoms with E-state index in [1.54, 1.807) is 10.7 Å². The monoisotopic (exact) mass is 211 g/mol. The Kier molecular flexibility index (Phi) is 1.35. The number of hydrogen-bond acceptors (Lipinski definition) is 2. The molecule has 0 amide bonds. The van der Waals surface area contributed by atoms with Crippen LogP contribution in [-0.2, 0) is 0 Å². The second-order valence-electron chi connectivity index (χ2n) is 2.25. The number of rotatable bonds is 0. The van der Waals surface area contributed by atoms with Crippen LogP contribution in [0.25, 0.3) is 5.52 Å². The summed E-state index contributed by atoms with van der Waals surface area (Å²) in [5.74, 6) is 0. The van der Waals surface area contributed by atoms with E-state index < -0.39 is 0 Å². The maximum atomic E-state index is 5.64. The normalized spacial score (nSPS) is 10.6. The Labute approximate surface area is 71.9 Å². The van der Waals surface area contributed by atoms with Gasteiger partial charge in [0.05, 0.1) is 17.4 Å². The minimum Gasteiger partial charge on any atom is -0.396 e. The molecule has 0 fully saturated rings. The van der Waals surface area contributed by atoms with Crippen LogP contribution >= 0.6 is 15.9 Å². The van der Waals surface area contributed by atoms with Gasteiger partial charge in [-0.1, -0.05) is 6.07 Å². The van der Waals surface area contributed by atoms with Crippen molar-refractivity contribution in [2.24, 2.45) is 0 Å². The number of halogens is 1. The molecule has 11 heavy (non-hydrogen) atoms. The maximum absolute atomic E-state index is 5.64. The molecule has 0 aromatic carbocycles. The first kappa shape index (κ1) is 6.67. The van der Waals surface area contributed by atoms with Crippen molar-refractivity contribution in [1.82, 2.24) is 9.61 Å². The quantitative estimate of drug-likeness (QED) is 0.675. The lowest BCUT2D eigenvalue weighted by Crippen LogP contribution is -1.88. The van der Waals surface area contributed by atoms with E-state index in [1.807, 2.05) is 18.2 Å². The second kappa shape index (κ2) is 2.23. The lowest BCUT2D eigenvalue weighted by Gasteiger charge is -1.94. The van der Waals surface area contributed by atoms with Crippen LogP contribution in [0.3, 0.4) is 0 Å². The van der Waals surface area contributed by atoms with Crippen molar-refractivity contribution in [2.45, 2.75) is 0 Å². The van der Waals surface area contributed by atoms with Crippen LogP contribution in [0.2, 0.25) is 0 Å². The maximum Gasteiger partial charge on any atom is 0.108 e. The van der Waals surface area contributed by atoms with Gasteiger partial charge in [0.1, 0.15) is 4.60 Å². The first-order valence-electron chi connectivity index (χ1n) is 3.17. The summed E-state index contributed by atoms with van der Waals surface area (Å²) in [6, 6.07) is 5.77. The van der Waals surface area contributed by atoms with Crippen molar-refractivity contribution < 1.29 is 0 Å².